The summed E-state index contributed by atoms with van der Waals surface area (Å²) in [4.78, 5) is 27.8. The van der Waals surface area contributed by atoms with Crippen molar-refractivity contribution < 1.29 is 22.7 Å². The van der Waals surface area contributed by atoms with Crippen LogP contribution in [-0.2, 0) is 32.5 Å². The first-order valence-electron chi connectivity index (χ1n) is 11.3. The SMILES string of the molecule is CCOC(=O)N1CCc2c(sc(NC(=O)C3CCCN(S(=O)(=O)c4ccc(Cl)cc4)C3)c2C#N)C1. The number of hydrogen-bond acceptors (Lipinski definition) is 7. The topological polar surface area (TPSA) is 120 Å². The number of thiophene rings is 1. The molecule has 0 radical (unpaired) electrons. The first kappa shape index (κ1) is 25.4. The van der Waals surface area contributed by atoms with Crippen molar-refractivity contribution in [2.75, 3.05) is 31.6 Å². The fourth-order valence-electron chi connectivity index (χ4n) is 4.32. The molecule has 12 heteroatoms. The normalized spacial score (nSPS) is 18.4. The number of piperidine rings is 1. The Bertz CT molecular complexity index is 1270. The average molecular weight is 537 g/mol. The fourth-order valence-corrected chi connectivity index (χ4v) is 7.19. The number of hydrogen-bond donors (Lipinski definition) is 1. The standard InChI is InChI=1S/C23H25ClN4O5S2/c1-2-33-23(30)27-11-9-18-19(12-25)22(34-20(18)14-27)26-21(29)15-4-3-10-28(13-15)35(31,32)17-7-5-16(24)6-8-17/h5-8,15H,2-4,9-11,13-14H2,1H3,(H,26,29). The summed E-state index contributed by atoms with van der Waals surface area (Å²) in [6.45, 7) is 3.16. The van der Waals surface area contributed by atoms with Gasteiger partial charge in [0.15, 0.2) is 0 Å². The number of nitrogens with one attached hydrogen (secondary N) is 1. The van der Waals surface area contributed by atoms with Gasteiger partial charge in [0.25, 0.3) is 0 Å². The lowest BCUT2D eigenvalue weighted by molar-refractivity contribution is -0.120. The lowest BCUT2D eigenvalue weighted by Crippen LogP contribution is -2.43. The fraction of sp³-hybridized carbons (Fsp3) is 0.435. The van der Waals surface area contributed by atoms with Crippen molar-refractivity contribution in [2.45, 2.75) is 37.6 Å². The monoisotopic (exact) mass is 536 g/mol. The van der Waals surface area contributed by atoms with Gasteiger partial charge in [0.1, 0.15) is 11.1 Å². The van der Waals surface area contributed by atoms with Crippen molar-refractivity contribution in [1.29, 1.82) is 5.26 Å². The minimum Gasteiger partial charge on any atom is -0.450 e. The molecule has 2 aliphatic heterocycles. The van der Waals surface area contributed by atoms with E-state index in [1.807, 2.05) is 0 Å². The Morgan fingerprint density at radius 1 is 1.29 bits per heavy atom. The van der Waals surface area contributed by atoms with Crippen molar-refractivity contribution in [3.8, 4) is 6.07 Å². The molecule has 1 fully saturated rings. The van der Waals surface area contributed by atoms with Crippen LogP contribution in [0.2, 0.25) is 5.02 Å². The molecule has 0 saturated carbocycles. The number of halogens is 1. The predicted octanol–water partition coefficient (Wildman–Crippen LogP) is 3.83. The third-order valence-electron chi connectivity index (χ3n) is 6.14. The van der Waals surface area contributed by atoms with E-state index in [0.717, 1.165) is 10.4 Å². The zero-order valence-corrected chi connectivity index (χ0v) is 21.5. The molecule has 0 aliphatic carbocycles. The van der Waals surface area contributed by atoms with E-state index in [4.69, 9.17) is 16.3 Å². The Morgan fingerprint density at radius 3 is 2.71 bits per heavy atom. The molecule has 3 heterocycles. The van der Waals surface area contributed by atoms with Crippen LogP contribution in [0.3, 0.4) is 0 Å². The number of nitrogens with zero attached hydrogens (tertiary/aromatic N) is 3. The summed E-state index contributed by atoms with van der Waals surface area (Å²) in [5.74, 6) is -0.870. The number of rotatable bonds is 5. The van der Waals surface area contributed by atoms with Crippen LogP contribution in [0.1, 0.15) is 35.8 Å². The quantitative estimate of drug-likeness (QED) is 0.620. The number of sulfonamides is 1. The Balaban J connectivity index is 1.48. The Labute approximate surface area is 213 Å². The maximum atomic E-state index is 13.1. The number of fused-ring (bicyclic) bond motifs is 1. The molecule has 1 aromatic heterocycles. The van der Waals surface area contributed by atoms with Gasteiger partial charge in [0.05, 0.1) is 29.5 Å². The molecule has 0 spiro atoms. The van der Waals surface area contributed by atoms with E-state index in [0.29, 0.717) is 54.5 Å². The highest BCUT2D eigenvalue weighted by Gasteiger charge is 2.34. The van der Waals surface area contributed by atoms with E-state index in [9.17, 15) is 23.3 Å². The molecule has 1 unspecified atom stereocenters. The second-order valence-corrected chi connectivity index (χ2v) is 11.8. The number of carbonyl (C=O) groups excluding carboxylic acids is 2. The van der Waals surface area contributed by atoms with Gasteiger partial charge >= 0.3 is 6.09 Å². The van der Waals surface area contributed by atoms with Crippen molar-refractivity contribution in [2.24, 2.45) is 5.92 Å². The van der Waals surface area contributed by atoms with E-state index in [-0.39, 0.29) is 24.0 Å². The Morgan fingerprint density at radius 2 is 2.03 bits per heavy atom. The third-order valence-corrected chi connectivity index (χ3v) is 9.40. The second kappa shape index (κ2) is 10.5. The van der Waals surface area contributed by atoms with Gasteiger partial charge in [0.2, 0.25) is 15.9 Å². The second-order valence-electron chi connectivity index (χ2n) is 8.34. The number of benzene rings is 1. The van der Waals surface area contributed by atoms with E-state index in [1.165, 1.54) is 39.9 Å². The van der Waals surface area contributed by atoms with Gasteiger partial charge in [-0.25, -0.2) is 13.2 Å². The Hall–Kier alpha value is -2.65. The lowest BCUT2D eigenvalue weighted by Gasteiger charge is -2.31. The van der Waals surface area contributed by atoms with Gasteiger partial charge in [0, 0.05) is 29.5 Å². The van der Waals surface area contributed by atoms with Crippen LogP contribution in [0, 0.1) is 17.2 Å². The van der Waals surface area contributed by atoms with E-state index in [2.05, 4.69) is 11.4 Å². The molecule has 1 N–H and O–H groups in total. The maximum Gasteiger partial charge on any atom is 0.410 e. The van der Waals surface area contributed by atoms with Gasteiger partial charge in [-0.15, -0.1) is 11.3 Å². The molecule has 9 nitrogen and oxygen atoms in total. The molecule has 2 amide bonds. The molecule has 1 aromatic carbocycles. The van der Waals surface area contributed by atoms with Gasteiger partial charge < -0.3 is 15.0 Å². The summed E-state index contributed by atoms with van der Waals surface area (Å²) in [6, 6.07) is 8.14. The highest BCUT2D eigenvalue weighted by Crippen LogP contribution is 2.37. The molecule has 4 rings (SSSR count). The van der Waals surface area contributed by atoms with Crippen LogP contribution in [0.25, 0.3) is 0 Å². The molecule has 1 atom stereocenters. The van der Waals surface area contributed by atoms with Crippen molar-refractivity contribution in [3.63, 3.8) is 0 Å². The highest BCUT2D eigenvalue weighted by atomic mass is 35.5. The summed E-state index contributed by atoms with van der Waals surface area (Å²) >= 11 is 7.15. The number of carbonyl (C=O) groups is 2. The zero-order chi connectivity index (χ0) is 25.2. The number of amides is 2. The zero-order valence-electron chi connectivity index (χ0n) is 19.1. The number of nitriles is 1. The van der Waals surface area contributed by atoms with Crippen molar-refractivity contribution in [1.82, 2.24) is 9.21 Å². The number of anilines is 1. The smallest absolute Gasteiger partial charge is 0.410 e. The van der Waals surface area contributed by atoms with E-state index >= 15 is 0 Å². The minimum atomic E-state index is -3.76. The molecule has 186 valence electrons. The van der Waals surface area contributed by atoms with Gasteiger partial charge in [-0.05, 0) is 56.0 Å². The molecular formula is C23H25ClN4O5S2. The summed E-state index contributed by atoms with van der Waals surface area (Å²) < 4.78 is 32.5. The molecule has 2 aromatic rings. The summed E-state index contributed by atoms with van der Waals surface area (Å²) in [6.07, 6.45) is 1.19. The molecule has 0 bridgehead atoms. The van der Waals surface area contributed by atoms with Crippen molar-refractivity contribution >= 4 is 50.0 Å². The van der Waals surface area contributed by atoms with Crippen LogP contribution < -0.4 is 5.32 Å². The minimum absolute atomic E-state index is 0.0560. The summed E-state index contributed by atoms with van der Waals surface area (Å²) in [5, 5.41) is 13.5. The highest BCUT2D eigenvalue weighted by molar-refractivity contribution is 7.89. The summed E-state index contributed by atoms with van der Waals surface area (Å²) in [5.41, 5.74) is 1.24. The van der Waals surface area contributed by atoms with E-state index < -0.39 is 22.0 Å². The molecule has 35 heavy (non-hydrogen) atoms. The first-order valence-corrected chi connectivity index (χ1v) is 13.9. The first-order chi connectivity index (χ1) is 16.7. The number of ether oxygens (including phenoxy) is 1. The third kappa shape index (κ3) is 5.30. The molecular weight excluding hydrogens is 512 g/mol. The van der Waals surface area contributed by atoms with Crippen LogP contribution in [0.15, 0.2) is 29.2 Å². The molecule has 1 saturated heterocycles. The van der Waals surface area contributed by atoms with Crippen molar-refractivity contribution in [3.05, 3.63) is 45.3 Å². The van der Waals surface area contributed by atoms with Crippen LogP contribution >= 0.6 is 22.9 Å². The van der Waals surface area contributed by atoms with Crippen LogP contribution in [0.4, 0.5) is 9.80 Å². The van der Waals surface area contributed by atoms with Crippen LogP contribution in [-0.4, -0.2) is 55.9 Å². The van der Waals surface area contributed by atoms with Gasteiger partial charge in [-0.1, -0.05) is 11.6 Å². The summed E-state index contributed by atoms with van der Waals surface area (Å²) in [7, 11) is -3.76. The van der Waals surface area contributed by atoms with Gasteiger partial charge in [-0.2, -0.15) is 9.57 Å². The van der Waals surface area contributed by atoms with Crippen LogP contribution in [0.5, 0.6) is 0 Å². The van der Waals surface area contributed by atoms with E-state index in [1.54, 1.807) is 11.8 Å². The Kier molecular flexibility index (Phi) is 7.66. The largest absolute Gasteiger partial charge is 0.450 e. The predicted molar refractivity (Wildman–Crippen MR) is 132 cm³/mol. The molecule has 2 aliphatic rings. The van der Waals surface area contributed by atoms with Gasteiger partial charge in [-0.3, -0.25) is 4.79 Å². The maximum absolute atomic E-state index is 13.1. The average Bonchev–Trinajstić information content (AvgIpc) is 3.20. The lowest BCUT2D eigenvalue weighted by atomic mass is 9.98.